The van der Waals surface area contributed by atoms with Crippen molar-refractivity contribution in [3.05, 3.63) is 59.7 Å². The molecular formula is C21H25N3O3S. The fraction of sp³-hybridized carbons (Fsp3) is 0.381. The molecule has 0 unspecified atom stereocenters. The number of carbonyl (C=O) groups excluding carboxylic acids is 1. The lowest BCUT2D eigenvalue weighted by molar-refractivity contribution is 0.0930. The van der Waals surface area contributed by atoms with Crippen molar-refractivity contribution in [3.8, 4) is 0 Å². The Balaban J connectivity index is 1.59. The molecule has 6 nitrogen and oxygen atoms in total. The molecule has 0 radical (unpaired) electrons. The van der Waals surface area contributed by atoms with E-state index in [1.54, 1.807) is 18.2 Å². The summed E-state index contributed by atoms with van der Waals surface area (Å²) in [7, 11) is -3.72. The Morgan fingerprint density at radius 3 is 2.79 bits per heavy atom. The molecule has 148 valence electrons. The zero-order chi connectivity index (χ0) is 19.6. The van der Waals surface area contributed by atoms with Crippen molar-refractivity contribution in [1.82, 2.24) is 10.6 Å². The summed E-state index contributed by atoms with van der Waals surface area (Å²) in [5.74, 6) is -0.232. The zero-order valence-electron chi connectivity index (χ0n) is 15.7. The predicted molar refractivity (Wildman–Crippen MR) is 109 cm³/mol. The molecule has 2 heterocycles. The number of amides is 1. The highest BCUT2D eigenvalue weighted by atomic mass is 32.2. The van der Waals surface area contributed by atoms with Gasteiger partial charge in [-0.25, -0.2) is 8.42 Å². The van der Waals surface area contributed by atoms with E-state index >= 15 is 0 Å². The molecule has 0 bridgehead atoms. The van der Waals surface area contributed by atoms with Crippen LogP contribution < -0.4 is 14.9 Å². The van der Waals surface area contributed by atoms with Crippen molar-refractivity contribution < 1.29 is 13.2 Å². The van der Waals surface area contributed by atoms with Crippen LogP contribution in [0.1, 0.15) is 35.2 Å². The van der Waals surface area contributed by atoms with Crippen LogP contribution in [0.2, 0.25) is 0 Å². The third-order valence-electron chi connectivity index (χ3n) is 5.38. The summed E-state index contributed by atoms with van der Waals surface area (Å²) in [6, 6.07) is 14.0. The van der Waals surface area contributed by atoms with Crippen molar-refractivity contribution >= 4 is 21.6 Å². The van der Waals surface area contributed by atoms with Gasteiger partial charge in [0.2, 0.25) is 0 Å². The predicted octanol–water partition coefficient (Wildman–Crippen LogP) is 2.31. The van der Waals surface area contributed by atoms with E-state index in [9.17, 15) is 13.2 Å². The molecule has 0 aromatic heterocycles. The van der Waals surface area contributed by atoms with Crippen LogP contribution in [0.25, 0.3) is 0 Å². The van der Waals surface area contributed by atoms with Crippen LogP contribution in [0.3, 0.4) is 0 Å². The molecule has 28 heavy (non-hydrogen) atoms. The van der Waals surface area contributed by atoms with Gasteiger partial charge in [-0.15, -0.1) is 0 Å². The van der Waals surface area contributed by atoms with Crippen molar-refractivity contribution in [2.45, 2.75) is 36.6 Å². The van der Waals surface area contributed by atoms with Crippen LogP contribution in [0.15, 0.2) is 53.4 Å². The lowest BCUT2D eigenvalue weighted by Gasteiger charge is -2.30. The summed E-state index contributed by atoms with van der Waals surface area (Å²) in [4.78, 5) is 12.8. The fourth-order valence-electron chi connectivity index (χ4n) is 3.92. The van der Waals surface area contributed by atoms with Crippen LogP contribution in [-0.2, 0) is 16.4 Å². The molecule has 4 rings (SSSR count). The van der Waals surface area contributed by atoms with E-state index in [-0.39, 0.29) is 16.8 Å². The molecule has 2 N–H and O–H groups in total. The summed E-state index contributed by atoms with van der Waals surface area (Å²) >= 11 is 0. The highest BCUT2D eigenvalue weighted by Gasteiger charge is 2.29. The number of benzene rings is 2. The van der Waals surface area contributed by atoms with Crippen LogP contribution in [0, 0.1) is 0 Å². The number of aryl methyl sites for hydroxylation is 1. The normalized spacial score (nSPS) is 19.7. The SMILES string of the molecule is O=C(N[C@H]1CCCNC1)c1cccc(S(=O)(=O)N2CCCc3ccccc32)c1. The maximum atomic E-state index is 13.3. The molecule has 1 atom stereocenters. The number of carbonyl (C=O) groups is 1. The van der Waals surface area contributed by atoms with E-state index in [0.29, 0.717) is 12.1 Å². The molecule has 1 amide bonds. The molecule has 2 aromatic carbocycles. The minimum Gasteiger partial charge on any atom is -0.348 e. The van der Waals surface area contributed by atoms with Gasteiger partial charge in [0.15, 0.2) is 0 Å². The lowest BCUT2D eigenvalue weighted by atomic mass is 10.0. The molecule has 0 saturated carbocycles. The van der Waals surface area contributed by atoms with Gasteiger partial charge in [0.1, 0.15) is 0 Å². The Labute approximate surface area is 166 Å². The number of nitrogens with zero attached hydrogens (tertiary/aromatic N) is 1. The van der Waals surface area contributed by atoms with Crippen molar-refractivity contribution in [1.29, 1.82) is 0 Å². The van der Waals surface area contributed by atoms with Gasteiger partial charge < -0.3 is 10.6 Å². The third kappa shape index (κ3) is 3.77. The Kier molecular flexibility index (Phi) is 5.37. The number of hydrogen-bond donors (Lipinski definition) is 2. The van der Waals surface area contributed by atoms with Crippen molar-refractivity contribution in [2.75, 3.05) is 23.9 Å². The number of nitrogens with one attached hydrogen (secondary N) is 2. The van der Waals surface area contributed by atoms with Gasteiger partial charge in [-0.05, 0) is 62.1 Å². The van der Waals surface area contributed by atoms with Gasteiger partial charge in [0.25, 0.3) is 15.9 Å². The molecule has 7 heteroatoms. The number of sulfonamides is 1. The van der Waals surface area contributed by atoms with Crippen molar-refractivity contribution in [3.63, 3.8) is 0 Å². The molecule has 0 spiro atoms. The van der Waals surface area contributed by atoms with E-state index in [1.807, 2.05) is 24.3 Å². The maximum Gasteiger partial charge on any atom is 0.264 e. The van der Waals surface area contributed by atoms with E-state index in [2.05, 4.69) is 10.6 Å². The highest BCUT2D eigenvalue weighted by molar-refractivity contribution is 7.92. The minimum atomic E-state index is -3.72. The van der Waals surface area contributed by atoms with E-state index in [0.717, 1.165) is 50.0 Å². The van der Waals surface area contributed by atoms with Gasteiger partial charge in [-0.3, -0.25) is 9.10 Å². The Morgan fingerprint density at radius 2 is 1.96 bits per heavy atom. The fourth-order valence-corrected chi connectivity index (χ4v) is 5.50. The summed E-state index contributed by atoms with van der Waals surface area (Å²) < 4.78 is 28.1. The summed E-state index contributed by atoms with van der Waals surface area (Å²) in [6.07, 6.45) is 3.61. The zero-order valence-corrected chi connectivity index (χ0v) is 16.5. The molecule has 1 fully saturated rings. The van der Waals surface area contributed by atoms with Crippen molar-refractivity contribution in [2.24, 2.45) is 0 Å². The van der Waals surface area contributed by atoms with Gasteiger partial charge in [0, 0.05) is 24.7 Å². The first kappa shape index (κ1) is 19.0. The smallest absolute Gasteiger partial charge is 0.264 e. The van der Waals surface area contributed by atoms with Gasteiger partial charge in [-0.2, -0.15) is 0 Å². The number of fused-ring (bicyclic) bond motifs is 1. The molecule has 2 aromatic rings. The first-order chi connectivity index (χ1) is 13.6. The Hall–Kier alpha value is -2.38. The monoisotopic (exact) mass is 399 g/mol. The number of para-hydroxylation sites is 1. The average molecular weight is 400 g/mol. The standard InChI is InChI=1S/C21H25N3O3S/c25-21(23-18-9-4-12-22-15-18)17-7-3-10-19(14-17)28(26,27)24-13-5-8-16-6-1-2-11-20(16)24/h1-3,6-7,10-11,14,18,22H,4-5,8-9,12-13,15H2,(H,23,25)/t18-/m0/s1. The second-order valence-corrected chi connectivity index (χ2v) is 9.22. The maximum absolute atomic E-state index is 13.3. The molecule has 2 aliphatic rings. The van der Waals surface area contributed by atoms with Crippen LogP contribution in [0.5, 0.6) is 0 Å². The van der Waals surface area contributed by atoms with E-state index in [4.69, 9.17) is 0 Å². The van der Waals surface area contributed by atoms with Crippen LogP contribution in [-0.4, -0.2) is 40.0 Å². The number of piperidine rings is 1. The van der Waals surface area contributed by atoms with Crippen LogP contribution >= 0.6 is 0 Å². The van der Waals surface area contributed by atoms with E-state index in [1.165, 1.54) is 10.4 Å². The first-order valence-corrected chi connectivity index (χ1v) is 11.2. The van der Waals surface area contributed by atoms with Crippen LogP contribution in [0.4, 0.5) is 5.69 Å². The van der Waals surface area contributed by atoms with Gasteiger partial charge in [0.05, 0.1) is 10.6 Å². The lowest BCUT2D eigenvalue weighted by Crippen LogP contribution is -2.45. The van der Waals surface area contributed by atoms with Gasteiger partial charge in [-0.1, -0.05) is 24.3 Å². The average Bonchev–Trinajstić information content (AvgIpc) is 2.74. The number of anilines is 1. The third-order valence-corrected chi connectivity index (χ3v) is 7.19. The summed E-state index contributed by atoms with van der Waals surface area (Å²) in [5, 5.41) is 6.26. The quantitative estimate of drug-likeness (QED) is 0.827. The summed E-state index contributed by atoms with van der Waals surface area (Å²) in [5.41, 5.74) is 2.14. The topological polar surface area (TPSA) is 78.5 Å². The number of rotatable bonds is 4. The molecule has 1 saturated heterocycles. The summed E-state index contributed by atoms with van der Waals surface area (Å²) in [6.45, 7) is 2.16. The largest absolute Gasteiger partial charge is 0.348 e. The highest BCUT2D eigenvalue weighted by Crippen LogP contribution is 2.31. The second-order valence-electron chi connectivity index (χ2n) is 7.35. The molecular weight excluding hydrogens is 374 g/mol. The Morgan fingerprint density at radius 1 is 1.11 bits per heavy atom. The Bertz CT molecular complexity index is 968. The van der Waals surface area contributed by atoms with E-state index < -0.39 is 10.0 Å². The van der Waals surface area contributed by atoms with Gasteiger partial charge >= 0.3 is 0 Å². The minimum absolute atomic E-state index is 0.0792. The molecule has 0 aliphatic carbocycles. The second kappa shape index (κ2) is 7.93. The first-order valence-electron chi connectivity index (χ1n) is 9.78. The molecule has 2 aliphatic heterocycles. The number of hydrogen-bond acceptors (Lipinski definition) is 4.